The van der Waals surface area contributed by atoms with Crippen LogP contribution in [0.25, 0.3) is 0 Å². The van der Waals surface area contributed by atoms with Crippen LogP contribution in [0.1, 0.15) is 20.3 Å². The Hall–Kier alpha value is -0.330. The van der Waals surface area contributed by atoms with E-state index in [1.165, 1.54) is 0 Å². The lowest BCUT2D eigenvalue weighted by molar-refractivity contribution is -0.535. The summed E-state index contributed by atoms with van der Waals surface area (Å²) in [6.45, 7) is 3.66. The van der Waals surface area contributed by atoms with Crippen LogP contribution in [0.2, 0.25) is 0 Å². The molecule has 2 atom stereocenters. The van der Waals surface area contributed by atoms with Crippen LogP contribution < -0.4 is 0 Å². The molecule has 17 heavy (non-hydrogen) atoms. The standard InChI is InChI=1S/C11H15NO2S3/c1-3-10(15)17-16-9-5-4-7-11(2,8-6-9)12(13)14/h4-8,10,15H,3H2,1-2H3. The van der Waals surface area contributed by atoms with Crippen LogP contribution in [0, 0.1) is 10.1 Å². The average Bonchev–Trinajstić information content (AvgIpc) is 2.49. The molecule has 2 unspecified atom stereocenters. The predicted molar refractivity (Wildman–Crippen MR) is 80.0 cm³/mol. The summed E-state index contributed by atoms with van der Waals surface area (Å²) in [5.74, 6) is 0. The number of rotatable bonds is 5. The fraction of sp³-hybridized carbons (Fsp3) is 0.455. The Balaban J connectivity index is 2.65. The second kappa shape index (κ2) is 6.56. The van der Waals surface area contributed by atoms with Gasteiger partial charge in [0.05, 0.1) is 4.58 Å². The van der Waals surface area contributed by atoms with Gasteiger partial charge in [-0.1, -0.05) is 34.6 Å². The summed E-state index contributed by atoms with van der Waals surface area (Å²) in [4.78, 5) is 11.6. The molecule has 1 rings (SSSR count). The van der Waals surface area contributed by atoms with Gasteiger partial charge in [-0.2, -0.15) is 12.6 Å². The highest BCUT2D eigenvalue weighted by atomic mass is 33.1. The van der Waals surface area contributed by atoms with Crippen LogP contribution in [0.3, 0.4) is 0 Å². The molecule has 0 amide bonds. The Morgan fingerprint density at radius 2 is 2.29 bits per heavy atom. The van der Waals surface area contributed by atoms with Gasteiger partial charge in [-0.05, 0) is 30.7 Å². The second-order valence-corrected chi connectivity index (χ2v) is 7.24. The quantitative estimate of drug-likeness (QED) is 0.272. The third-order valence-electron chi connectivity index (χ3n) is 2.28. The lowest BCUT2D eigenvalue weighted by Crippen LogP contribution is -2.29. The molecule has 1 aliphatic rings. The van der Waals surface area contributed by atoms with Gasteiger partial charge < -0.3 is 0 Å². The van der Waals surface area contributed by atoms with Gasteiger partial charge in [-0.25, -0.2) is 0 Å². The van der Waals surface area contributed by atoms with Gasteiger partial charge in [-0.15, -0.1) is 0 Å². The first-order valence-corrected chi connectivity index (χ1v) is 7.95. The molecule has 0 spiro atoms. The van der Waals surface area contributed by atoms with Crippen LogP contribution in [0.15, 0.2) is 35.3 Å². The summed E-state index contributed by atoms with van der Waals surface area (Å²) in [6, 6.07) is 0. The molecule has 0 aromatic carbocycles. The second-order valence-electron chi connectivity index (χ2n) is 3.79. The van der Waals surface area contributed by atoms with Crippen LogP contribution >= 0.6 is 34.2 Å². The first-order chi connectivity index (χ1) is 7.98. The normalized spacial score (nSPS) is 25.2. The molecule has 6 heteroatoms. The van der Waals surface area contributed by atoms with Crippen molar-refractivity contribution in [2.45, 2.75) is 30.4 Å². The summed E-state index contributed by atoms with van der Waals surface area (Å²) in [6.07, 6.45) is 9.64. The summed E-state index contributed by atoms with van der Waals surface area (Å²) in [5.41, 5.74) is -1.10. The third kappa shape index (κ3) is 4.44. The number of nitro groups is 1. The highest BCUT2D eigenvalue weighted by Crippen LogP contribution is 2.38. The van der Waals surface area contributed by atoms with Gasteiger partial charge in [0.2, 0.25) is 0 Å². The molecule has 1 aliphatic carbocycles. The molecular formula is C11H15NO2S3. The van der Waals surface area contributed by atoms with E-state index in [9.17, 15) is 10.1 Å². The van der Waals surface area contributed by atoms with Crippen molar-refractivity contribution in [3.05, 3.63) is 45.4 Å². The van der Waals surface area contributed by atoms with E-state index in [0.717, 1.165) is 11.3 Å². The van der Waals surface area contributed by atoms with E-state index >= 15 is 0 Å². The molecule has 0 aromatic heterocycles. The molecule has 0 saturated heterocycles. The van der Waals surface area contributed by atoms with Crippen molar-refractivity contribution in [3.63, 3.8) is 0 Å². The van der Waals surface area contributed by atoms with Gasteiger partial charge in [0.15, 0.2) is 0 Å². The Morgan fingerprint density at radius 3 is 2.88 bits per heavy atom. The van der Waals surface area contributed by atoms with Crippen molar-refractivity contribution in [1.29, 1.82) is 0 Å². The maximum Gasteiger partial charge on any atom is 0.256 e. The number of thiol groups is 1. The van der Waals surface area contributed by atoms with Gasteiger partial charge in [0, 0.05) is 16.8 Å². The lowest BCUT2D eigenvalue weighted by Gasteiger charge is -2.10. The predicted octanol–water partition coefficient (Wildman–Crippen LogP) is 4.08. The zero-order valence-corrected chi connectivity index (χ0v) is 12.2. The third-order valence-corrected chi connectivity index (χ3v) is 6.07. The highest BCUT2D eigenvalue weighted by Gasteiger charge is 2.30. The van der Waals surface area contributed by atoms with Gasteiger partial charge in [0.25, 0.3) is 5.54 Å². The molecule has 0 aromatic rings. The molecule has 0 fully saturated rings. The average molecular weight is 289 g/mol. The molecule has 0 N–H and O–H groups in total. The first-order valence-electron chi connectivity index (χ1n) is 5.22. The van der Waals surface area contributed by atoms with Gasteiger partial charge in [0.1, 0.15) is 0 Å². The van der Waals surface area contributed by atoms with E-state index in [0.29, 0.717) is 0 Å². The van der Waals surface area contributed by atoms with E-state index in [2.05, 4.69) is 19.6 Å². The largest absolute Gasteiger partial charge is 0.263 e. The molecule has 94 valence electrons. The van der Waals surface area contributed by atoms with Gasteiger partial charge >= 0.3 is 0 Å². The molecule has 0 aliphatic heterocycles. The Kier molecular flexibility index (Phi) is 5.69. The lowest BCUT2D eigenvalue weighted by atomic mass is 10.0. The van der Waals surface area contributed by atoms with Crippen molar-refractivity contribution in [2.24, 2.45) is 0 Å². The molecule has 3 nitrogen and oxygen atoms in total. The zero-order valence-electron chi connectivity index (χ0n) is 9.70. The summed E-state index contributed by atoms with van der Waals surface area (Å²) >= 11 is 4.39. The summed E-state index contributed by atoms with van der Waals surface area (Å²) < 4.78 is 0.281. The Morgan fingerprint density at radius 1 is 1.59 bits per heavy atom. The smallest absolute Gasteiger partial charge is 0.256 e. The van der Waals surface area contributed by atoms with E-state index in [1.54, 1.807) is 52.8 Å². The number of nitrogens with zero attached hydrogens (tertiary/aromatic N) is 1. The fourth-order valence-electron chi connectivity index (χ4n) is 1.06. The fourth-order valence-corrected chi connectivity index (χ4v) is 3.47. The van der Waals surface area contributed by atoms with Crippen molar-refractivity contribution in [3.8, 4) is 0 Å². The number of hydrogen-bond donors (Lipinski definition) is 1. The monoisotopic (exact) mass is 289 g/mol. The van der Waals surface area contributed by atoms with E-state index in [-0.39, 0.29) is 9.51 Å². The SMILES string of the molecule is CCC(S)SSC1=CC=CC(C)([N+](=O)[O-])C=C1. The van der Waals surface area contributed by atoms with Crippen LogP contribution in [0.5, 0.6) is 0 Å². The van der Waals surface area contributed by atoms with Crippen molar-refractivity contribution in [2.75, 3.05) is 0 Å². The summed E-state index contributed by atoms with van der Waals surface area (Å²) in [5, 5.41) is 10.9. The van der Waals surface area contributed by atoms with E-state index in [1.807, 2.05) is 6.08 Å². The molecular weight excluding hydrogens is 274 g/mol. The minimum absolute atomic E-state index is 0.281. The van der Waals surface area contributed by atoms with Crippen molar-refractivity contribution >= 4 is 34.2 Å². The van der Waals surface area contributed by atoms with Crippen LogP contribution in [-0.2, 0) is 0 Å². The Bertz CT molecular complexity index is 379. The van der Waals surface area contributed by atoms with Crippen molar-refractivity contribution in [1.82, 2.24) is 0 Å². The maximum absolute atomic E-state index is 10.9. The molecule has 0 bridgehead atoms. The molecule has 0 heterocycles. The number of allylic oxidation sites excluding steroid dienone is 3. The first kappa shape index (κ1) is 14.7. The van der Waals surface area contributed by atoms with E-state index in [4.69, 9.17) is 0 Å². The molecule has 0 radical (unpaired) electrons. The van der Waals surface area contributed by atoms with Crippen molar-refractivity contribution < 1.29 is 4.92 Å². The zero-order chi connectivity index (χ0) is 12.9. The van der Waals surface area contributed by atoms with Crippen LogP contribution in [-0.4, -0.2) is 15.0 Å². The maximum atomic E-state index is 10.9. The molecule has 0 saturated carbocycles. The van der Waals surface area contributed by atoms with E-state index < -0.39 is 5.54 Å². The van der Waals surface area contributed by atoms with Gasteiger partial charge in [-0.3, -0.25) is 10.1 Å². The van der Waals surface area contributed by atoms with Crippen LogP contribution in [0.4, 0.5) is 0 Å². The topological polar surface area (TPSA) is 43.1 Å². The number of hydrogen-bond acceptors (Lipinski definition) is 5. The minimum Gasteiger partial charge on any atom is -0.263 e. The minimum atomic E-state index is -1.10. The summed E-state index contributed by atoms with van der Waals surface area (Å²) in [7, 11) is 3.25. The highest BCUT2D eigenvalue weighted by molar-refractivity contribution is 8.79. The Labute approximate surface area is 115 Å².